The first-order valence-electron chi connectivity index (χ1n) is 9.18. The minimum atomic E-state index is -0.655. The van der Waals surface area contributed by atoms with Crippen molar-refractivity contribution in [3.05, 3.63) is 35.4 Å². The third kappa shape index (κ3) is 2.75. The fraction of sp³-hybridized carbons (Fsp3) is 0.550. The van der Waals surface area contributed by atoms with E-state index in [0.29, 0.717) is 18.8 Å². The van der Waals surface area contributed by atoms with Crippen molar-refractivity contribution in [2.75, 3.05) is 19.6 Å². The molecule has 1 aromatic carbocycles. The summed E-state index contributed by atoms with van der Waals surface area (Å²) in [4.78, 5) is 41.1. The van der Waals surface area contributed by atoms with Gasteiger partial charge in [0.05, 0.1) is 5.41 Å². The number of hydrogen-bond acceptors (Lipinski definition) is 3. The molecule has 3 amide bonds. The second-order valence-electron chi connectivity index (χ2n) is 7.93. The van der Waals surface area contributed by atoms with Crippen LogP contribution in [0.1, 0.15) is 37.3 Å². The van der Waals surface area contributed by atoms with E-state index in [9.17, 15) is 14.4 Å². The number of carbonyl (C=O) groups is 3. The third-order valence-corrected chi connectivity index (χ3v) is 6.10. The van der Waals surface area contributed by atoms with Gasteiger partial charge in [-0.15, -0.1) is 0 Å². The van der Waals surface area contributed by atoms with Crippen LogP contribution in [0.4, 0.5) is 0 Å². The number of amides is 3. The molecule has 1 spiro atoms. The smallest absolute Gasteiger partial charge is 0.242 e. The number of imide groups is 1. The molecular formula is C20H24N2O3. The summed E-state index contributed by atoms with van der Waals surface area (Å²) in [7, 11) is 0. The Labute approximate surface area is 148 Å². The molecule has 1 aliphatic carbocycles. The molecule has 0 aromatic heterocycles. The predicted octanol–water partition coefficient (Wildman–Crippen LogP) is 1.79. The molecule has 2 heterocycles. The Kier molecular flexibility index (Phi) is 3.89. The molecule has 1 aromatic rings. The largest absolute Gasteiger partial charge is 0.341 e. The molecule has 0 atom stereocenters. The first-order chi connectivity index (χ1) is 12.0. The van der Waals surface area contributed by atoms with Gasteiger partial charge in [-0.2, -0.15) is 0 Å². The highest BCUT2D eigenvalue weighted by Crippen LogP contribution is 2.45. The maximum Gasteiger partial charge on any atom is 0.242 e. The maximum atomic E-state index is 13.0. The molecule has 3 aliphatic rings. The van der Waals surface area contributed by atoms with Gasteiger partial charge >= 0.3 is 0 Å². The van der Waals surface area contributed by atoms with Crippen LogP contribution in [0.3, 0.4) is 0 Å². The average Bonchev–Trinajstić information content (AvgIpc) is 3.07. The molecule has 2 fully saturated rings. The van der Waals surface area contributed by atoms with Crippen LogP contribution in [0.5, 0.6) is 0 Å². The van der Waals surface area contributed by atoms with Gasteiger partial charge in [-0.3, -0.25) is 19.3 Å². The maximum absolute atomic E-state index is 13.0. The zero-order valence-electron chi connectivity index (χ0n) is 14.7. The Bertz CT molecular complexity index is 709. The lowest BCUT2D eigenvalue weighted by molar-refractivity contribution is -0.147. The van der Waals surface area contributed by atoms with Crippen molar-refractivity contribution in [2.45, 2.75) is 39.0 Å². The molecule has 0 bridgehead atoms. The first-order valence-corrected chi connectivity index (χ1v) is 9.18. The molecule has 0 unspecified atom stereocenters. The highest BCUT2D eigenvalue weighted by atomic mass is 16.2. The topological polar surface area (TPSA) is 57.7 Å². The summed E-state index contributed by atoms with van der Waals surface area (Å²) in [6, 6.07) is 8.00. The highest BCUT2D eigenvalue weighted by molar-refractivity contribution is 6.08. The Morgan fingerprint density at radius 2 is 1.68 bits per heavy atom. The quantitative estimate of drug-likeness (QED) is 0.771. The molecule has 132 valence electrons. The highest BCUT2D eigenvalue weighted by Gasteiger charge is 2.54. The van der Waals surface area contributed by atoms with E-state index in [1.54, 1.807) is 4.90 Å². The Morgan fingerprint density at radius 3 is 2.28 bits per heavy atom. The van der Waals surface area contributed by atoms with Crippen LogP contribution in [0.25, 0.3) is 0 Å². The van der Waals surface area contributed by atoms with E-state index in [2.05, 4.69) is 6.92 Å². The zero-order valence-corrected chi connectivity index (χ0v) is 14.7. The Balaban J connectivity index is 1.47. The van der Waals surface area contributed by atoms with Crippen LogP contribution in [0.15, 0.2) is 24.3 Å². The van der Waals surface area contributed by atoms with Crippen LogP contribution >= 0.6 is 0 Å². The molecule has 2 aliphatic heterocycles. The van der Waals surface area contributed by atoms with Gasteiger partial charge in [0.15, 0.2) is 0 Å². The van der Waals surface area contributed by atoms with E-state index >= 15 is 0 Å². The minimum Gasteiger partial charge on any atom is -0.341 e. The SMILES string of the molecule is CC1CCN(C(=O)CN2C(=O)CC3(Cc4ccccc4C3)C2=O)CC1. The summed E-state index contributed by atoms with van der Waals surface area (Å²) in [5, 5.41) is 0. The van der Waals surface area contributed by atoms with E-state index in [1.807, 2.05) is 24.3 Å². The van der Waals surface area contributed by atoms with Crippen LogP contribution in [-0.4, -0.2) is 47.2 Å². The van der Waals surface area contributed by atoms with Gasteiger partial charge in [0.2, 0.25) is 17.7 Å². The van der Waals surface area contributed by atoms with Gasteiger partial charge < -0.3 is 4.90 Å². The summed E-state index contributed by atoms with van der Waals surface area (Å²) in [6.45, 7) is 3.56. The lowest BCUT2D eigenvalue weighted by Gasteiger charge is -2.31. The third-order valence-electron chi connectivity index (χ3n) is 6.10. The van der Waals surface area contributed by atoms with Gasteiger partial charge in [0, 0.05) is 19.5 Å². The summed E-state index contributed by atoms with van der Waals surface area (Å²) >= 11 is 0. The van der Waals surface area contributed by atoms with E-state index < -0.39 is 5.41 Å². The van der Waals surface area contributed by atoms with Gasteiger partial charge in [-0.25, -0.2) is 0 Å². The predicted molar refractivity (Wildman–Crippen MR) is 92.6 cm³/mol. The van der Waals surface area contributed by atoms with Crippen molar-refractivity contribution in [3.63, 3.8) is 0 Å². The van der Waals surface area contributed by atoms with Crippen LogP contribution in [0, 0.1) is 11.3 Å². The second-order valence-corrected chi connectivity index (χ2v) is 7.93. The van der Waals surface area contributed by atoms with Gasteiger partial charge in [0.1, 0.15) is 6.54 Å². The summed E-state index contributed by atoms with van der Waals surface area (Å²) < 4.78 is 0. The number of piperidine rings is 1. The summed E-state index contributed by atoms with van der Waals surface area (Å²) in [6.07, 6.45) is 3.43. The molecule has 25 heavy (non-hydrogen) atoms. The van der Waals surface area contributed by atoms with Gasteiger partial charge in [-0.05, 0) is 42.7 Å². The van der Waals surface area contributed by atoms with E-state index in [4.69, 9.17) is 0 Å². The number of nitrogens with zero attached hydrogens (tertiary/aromatic N) is 2. The van der Waals surface area contributed by atoms with E-state index in [1.165, 1.54) is 4.90 Å². The van der Waals surface area contributed by atoms with Crippen LogP contribution < -0.4 is 0 Å². The van der Waals surface area contributed by atoms with Crippen LogP contribution in [0.2, 0.25) is 0 Å². The fourth-order valence-corrected chi connectivity index (χ4v) is 4.48. The monoisotopic (exact) mass is 340 g/mol. The minimum absolute atomic E-state index is 0.0931. The number of likely N-dealkylation sites (tertiary alicyclic amines) is 2. The van der Waals surface area contributed by atoms with Crippen molar-refractivity contribution < 1.29 is 14.4 Å². The molecule has 5 heteroatoms. The summed E-state index contributed by atoms with van der Waals surface area (Å²) in [5.74, 6) is 0.185. The van der Waals surface area contributed by atoms with Crippen molar-refractivity contribution in [1.29, 1.82) is 0 Å². The van der Waals surface area contributed by atoms with Crippen molar-refractivity contribution in [1.82, 2.24) is 9.80 Å². The van der Waals surface area contributed by atoms with Gasteiger partial charge in [0.25, 0.3) is 0 Å². The standard InChI is InChI=1S/C20H24N2O3/c1-14-6-8-21(9-7-14)18(24)13-22-17(23)12-20(19(22)25)10-15-4-2-3-5-16(15)11-20/h2-5,14H,6-13H2,1H3. The molecule has 2 saturated heterocycles. The van der Waals surface area contributed by atoms with Crippen molar-refractivity contribution in [2.24, 2.45) is 11.3 Å². The van der Waals surface area contributed by atoms with E-state index in [-0.39, 0.29) is 30.7 Å². The lowest BCUT2D eigenvalue weighted by atomic mass is 9.83. The number of carbonyl (C=O) groups excluding carboxylic acids is 3. The number of benzene rings is 1. The molecule has 0 saturated carbocycles. The fourth-order valence-electron chi connectivity index (χ4n) is 4.48. The summed E-state index contributed by atoms with van der Waals surface area (Å²) in [5.41, 5.74) is 1.65. The Hall–Kier alpha value is -2.17. The second kappa shape index (κ2) is 5.97. The van der Waals surface area contributed by atoms with Crippen molar-refractivity contribution in [3.8, 4) is 0 Å². The number of rotatable bonds is 2. The normalized spacial score (nSPS) is 22.8. The van der Waals surface area contributed by atoms with Crippen LogP contribution in [-0.2, 0) is 27.2 Å². The average molecular weight is 340 g/mol. The van der Waals surface area contributed by atoms with Gasteiger partial charge in [-0.1, -0.05) is 31.2 Å². The molecular weight excluding hydrogens is 316 g/mol. The first kappa shape index (κ1) is 16.3. The molecule has 0 radical (unpaired) electrons. The Morgan fingerprint density at radius 1 is 1.08 bits per heavy atom. The number of hydrogen-bond donors (Lipinski definition) is 0. The zero-order chi connectivity index (χ0) is 17.6. The molecule has 4 rings (SSSR count). The lowest BCUT2D eigenvalue weighted by Crippen LogP contribution is -2.46. The molecule has 0 N–H and O–H groups in total. The molecule has 5 nitrogen and oxygen atoms in total. The van der Waals surface area contributed by atoms with Crippen molar-refractivity contribution >= 4 is 17.7 Å². The number of fused-ring (bicyclic) bond motifs is 1. The van der Waals surface area contributed by atoms with E-state index in [0.717, 1.165) is 37.1 Å².